The second-order valence-corrected chi connectivity index (χ2v) is 5.08. The van der Waals surface area contributed by atoms with Crippen molar-refractivity contribution in [2.24, 2.45) is 4.99 Å². The molecule has 0 aromatic heterocycles. The number of benzene rings is 2. The van der Waals surface area contributed by atoms with Crippen LogP contribution >= 0.6 is 0 Å². The van der Waals surface area contributed by atoms with Crippen molar-refractivity contribution in [1.82, 2.24) is 0 Å². The summed E-state index contributed by atoms with van der Waals surface area (Å²) >= 11 is 0. The van der Waals surface area contributed by atoms with Crippen LogP contribution in [0, 0.1) is 0 Å². The van der Waals surface area contributed by atoms with Gasteiger partial charge in [-0.15, -0.1) is 0 Å². The molecule has 3 rings (SSSR count). The molecule has 1 heterocycles. The molecule has 2 aromatic rings. The van der Waals surface area contributed by atoms with Crippen molar-refractivity contribution >= 4 is 23.5 Å². The molecule has 0 spiro atoms. The molecule has 2 aromatic carbocycles. The normalized spacial score (nSPS) is 13.7. The van der Waals surface area contributed by atoms with Crippen LogP contribution in [-0.2, 0) is 11.2 Å². The van der Waals surface area contributed by atoms with Crippen LogP contribution in [0.4, 0.5) is 11.4 Å². The summed E-state index contributed by atoms with van der Waals surface area (Å²) in [6.45, 7) is 2.33. The lowest BCUT2D eigenvalue weighted by molar-refractivity contribution is -0.116. The number of fused-ring (bicyclic) bond motifs is 1. The van der Waals surface area contributed by atoms with Crippen molar-refractivity contribution in [3.63, 3.8) is 0 Å². The Bertz CT molecular complexity index is 705. The highest BCUT2D eigenvalue weighted by molar-refractivity contribution is 5.94. The quantitative estimate of drug-likeness (QED) is 0.860. The Labute approximate surface area is 123 Å². The van der Waals surface area contributed by atoms with Gasteiger partial charge >= 0.3 is 0 Å². The van der Waals surface area contributed by atoms with Gasteiger partial charge < -0.3 is 10.0 Å². The van der Waals surface area contributed by atoms with Gasteiger partial charge in [-0.1, -0.05) is 6.07 Å². The number of aliphatic imine (C=N–C) groups is 1. The molecular formula is C17H16N2O2. The van der Waals surface area contributed by atoms with E-state index in [1.165, 1.54) is 5.56 Å². The van der Waals surface area contributed by atoms with Gasteiger partial charge in [0.25, 0.3) is 0 Å². The molecule has 21 heavy (non-hydrogen) atoms. The molecule has 1 amide bonds. The average Bonchev–Trinajstić information content (AvgIpc) is 2.90. The van der Waals surface area contributed by atoms with Crippen LogP contribution in [0.25, 0.3) is 0 Å². The molecule has 0 bridgehead atoms. The van der Waals surface area contributed by atoms with E-state index < -0.39 is 0 Å². The molecular weight excluding hydrogens is 264 g/mol. The molecule has 0 fully saturated rings. The summed E-state index contributed by atoms with van der Waals surface area (Å²) in [6.07, 6.45) is 2.64. The fourth-order valence-electron chi connectivity index (χ4n) is 2.48. The van der Waals surface area contributed by atoms with Gasteiger partial charge in [0, 0.05) is 25.4 Å². The van der Waals surface area contributed by atoms with Gasteiger partial charge in [-0.2, -0.15) is 0 Å². The van der Waals surface area contributed by atoms with Crippen molar-refractivity contribution in [3.05, 3.63) is 53.6 Å². The van der Waals surface area contributed by atoms with E-state index >= 15 is 0 Å². The van der Waals surface area contributed by atoms with Gasteiger partial charge in [0.05, 0.1) is 5.69 Å². The lowest BCUT2D eigenvalue weighted by Crippen LogP contribution is -2.25. The second-order valence-electron chi connectivity index (χ2n) is 5.08. The largest absolute Gasteiger partial charge is 0.508 e. The molecule has 4 nitrogen and oxygen atoms in total. The molecule has 4 heteroatoms. The number of amides is 1. The predicted octanol–water partition coefficient (Wildman–Crippen LogP) is 3.05. The zero-order valence-corrected chi connectivity index (χ0v) is 11.8. The van der Waals surface area contributed by atoms with Crippen LogP contribution in [0.1, 0.15) is 18.1 Å². The Morgan fingerprint density at radius 3 is 2.71 bits per heavy atom. The summed E-state index contributed by atoms with van der Waals surface area (Å²) in [5.41, 5.74) is 3.88. The first-order chi connectivity index (χ1) is 10.1. The molecule has 0 radical (unpaired) electrons. The third-order valence-electron chi connectivity index (χ3n) is 3.60. The number of hydrogen-bond donors (Lipinski definition) is 1. The monoisotopic (exact) mass is 280 g/mol. The third-order valence-corrected chi connectivity index (χ3v) is 3.60. The van der Waals surface area contributed by atoms with Gasteiger partial charge in [-0.05, 0) is 53.9 Å². The van der Waals surface area contributed by atoms with Gasteiger partial charge in [0.2, 0.25) is 5.91 Å². The van der Waals surface area contributed by atoms with Crippen LogP contribution in [0.15, 0.2) is 47.5 Å². The molecule has 0 aliphatic carbocycles. The number of rotatable bonds is 2. The van der Waals surface area contributed by atoms with Gasteiger partial charge in [0.1, 0.15) is 5.75 Å². The summed E-state index contributed by atoms with van der Waals surface area (Å²) in [4.78, 5) is 17.8. The molecule has 1 aliphatic rings. The smallest absolute Gasteiger partial charge is 0.223 e. The fourth-order valence-corrected chi connectivity index (χ4v) is 2.48. The Hall–Kier alpha value is -2.62. The lowest BCUT2D eigenvalue weighted by Gasteiger charge is -2.14. The number of anilines is 1. The zero-order chi connectivity index (χ0) is 14.8. The molecule has 0 unspecified atom stereocenters. The Morgan fingerprint density at radius 2 is 2.00 bits per heavy atom. The van der Waals surface area contributed by atoms with Gasteiger partial charge in [-0.3, -0.25) is 9.79 Å². The highest BCUT2D eigenvalue weighted by Gasteiger charge is 2.21. The first-order valence-electron chi connectivity index (χ1n) is 6.87. The maximum atomic E-state index is 11.6. The first-order valence-corrected chi connectivity index (χ1v) is 6.87. The summed E-state index contributed by atoms with van der Waals surface area (Å²) in [6, 6.07) is 12.8. The van der Waals surface area contributed by atoms with E-state index in [0.717, 1.165) is 29.9 Å². The number of carbonyl (C=O) groups excluding carboxylic acids is 1. The van der Waals surface area contributed by atoms with Crippen molar-refractivity contribution < 1.29 is 9.90 Å². The van der Waals surface area contributed by atoms with Crippen molar-refractivity contribution in [2.75, 3.05) is 11.4 Å². The van der Waals surface area contributed by atoms with Gasteiger partial charge in [-0.25, -0.2) is 0 Å². The zero-order valence-electron chi connectivity index (χ0n) is 11.8. The van der Waals surface area contributed by atoms with E-state index in [2.05, 4.69) is 4.99 Å². The molecule has 1 aliphatic heterocycles. The van der Waals surface area contributed by atoms with Crippen LogP contribution in [0.2, 0.25) is 0 Å². The summed E-state index contributed by atoms with van der Waals surface area (Å²) in [7, 11) is 0. The Balaban J connectivity index is 1.85. The van der Waals surface area contributed by atoms with E-state index in [4.69, 9.17) is 0 Å². The number of hydrogen-bond acceptors (Lipinski definition) is 3. The first kappa shape index (κ1) is 13.4. The highest BCUT2D eigenvalue weighted by atomic mass is 16.3. The predicted molar refractivity (Wildman–Crippen MR) is 83.5 cm³/mol. The maximum absolute atomic E-state index is 11.6. The average molecular weight is 280 g/mol. The maximum Gasteiger partial charge on any atom is 0.223 e. The number of phenolic OH excluding ortho intramolecular Hbond substituents is 1. The summed E-state index contributed by atoms with van der Waals surface area (Å²) < 4.78 is 0. The van der Waals surface area contributed by atoms with E-state index in [9.17, 15) is 9.90 Å². The Kier molecular flexibility index (Phi) is 3.44. The molecule has 0 saturated heterocycles. The number of nitrogens with zero attached hydrogens (tertiary/aromatic N) is 2. The fraction of sp³-hybridized carbons (Fsp3) is 0.176. The van der Waals surface area contributed by atoms with E-state index in [-0.39, 0.29) is 11.7 Å². The third kappa shape index (κ3) is 2.79. The number of aromatic hydroxyl groups is 1. The van der Waals surface area contributed by atoms with Crippen LogP contribution in [0.5, 0.6) is 5.75 Å². The number of phenols is 1. The van der Waals surface area contributed by atoms with Crippen LogP contribution in [0.3, 0.4) is 0 Å². The minimum Gasteiger partial charge on any atom is -0.508 e. The van der Waals surface area contributed by atoms with Crippen molar-refractivity contribution in [3.8, 4) is 5.75 Å². The van der Waals surface area contributed by atoms with E-state index in [1.54, 1.807) is 42.3 Å². The molecule has 0 atom stereocenters. The topological polar surface area (TPSA) is 52.9 Å². The van der Waals surface area contributed by atoms with Crippen molar-refractivity contribution in [1.29, 1.82) is 0 Å². The van der Waals surface area contributed by atoms with E-state index in [0.29, 0.717) is 0 Å². The highest BCUT2D eigenvalue weighted by Crippen LogP contribution is 2.31. The second kappa shape index (κ2) is 5.40. The van der Waals surface area contributed by atoms with Crippen LogP contribution < -0.4 is 4.90 Å². The Morgan fingerprint density at radius 1 is 1.24 bits per heavy atom. The summed E-state index contributed by atoms with van der Waals surface area (Å²) in [5.74, 6) is 0.301. The van der Waals surface area contributed by atoms with E-state index in [1.807, 2.05) is 18.2 Å². The lowest BCUT2D eigenvalue weighted by atomic mass is 10.1. The van der Waals surface area contributed by atoms with Crippen molar-refractivity contribution in [2.45, 2.75) is 13.3 Å². The molecule has 1 N–H and O–H groups in total. The standard InChI is InChI=1S/C17H16N2O2/c1-12(20)19-9-8-14-4-5-15(10-17(14)19)18-11-13-2-6-16(21)7-3-13/h2-7,10-11,21H,8-9H2,1H3. The molecule has 106 valence electrons. The molecule has 0 saturated carbocycles. The SMILES string of the molecule is CC(=O)N1CCc2ccc(N=Cc3ccc(O)cc3)cc21. The number of carbonyl (C=O) groups is 1. The van der Waals surface area contributed by atoms with Crippen LogP contribution in [-0.4, -0.2) is 23.8 Å². The minimum absolute atomic E-state index is 0.0633. The summed E-state index contributed by atoms with van der Waals surface area (Å²) in [5, 5.41) is 9.25. The van der Waals surface area contributed by atoms with Gasteiger partial charge in [0.15, 0.2) is 0 Å². The minimum atomic E-state index is 0.0633.